The van der Waals surface area contributed by atoms with E-state index in [1.165, 1.54) is 5.56 Å². The predicted octanol–water partition coefficient (Wildman–Crippen LogP) is 3.66. The van der Waals surface area contributed by atoms with Gasteiger partial charge in [0.15, 0.2) is 0 Å². The van der Waals surface area contributed by atoms with E-state index in [2.05, 4.69) is 19.2 Å². The van der Waals surface area contributed by atoms with E-state index in [0.29, 0.717) is 11.5 Å². The number of benzene rings is 2. The molecule has 0 heterocycles. The van der Waals surface area contributed by atoms with Crippen LogP contribution in [0.2, 0.25) is 0 Å². The van der Waals surface area contributed by atoms with Crippen molar-refractivity contribution in [3.05, 3.63) is 70.8 Å². The molecule has 23 heavy (non-hydrogen) atoms. The summed E-state index contributed by atoms with van der Waals surface area (Å²) in [5, 5.41) is 12.9. The molecule has 122 valence electrons. The fraction of sp³-hybridized carbons (Fsp3) is 0.350. The van der Waals surface area contributed by atoms with Gasteiger partial charge in [0.05, 0.1) is 6.10 Å². The van der Waals surface area contributed by atoms with Gasteiger partial charge >= 0.3 is 0 Å². The summed E-state index contributed by atoms with van der Waals surface area (Å²) in [4.78, 5) is 12.1. The molecule has 0 aromatic heterocycles. The van der Waals surface area contributed by atoms with E-state index in [9.17, 15) is 9.90 Å². The van der Waals surface area contributed by atoms with Crippen molar-refractivity contribution < 1.29 is 9.90 Å². The number of aliphatic hydroxyl groups is 1. The number of amides is 1. The second kappa shape index (κ2) is 7.93. The molecule has 0 aliphatic rings. The lowest BCUT2D eigenvalue weighted by Crippen LogP contribution is -2.28. The third kappa shape index (κ3) is 5.22. The maximum absolute atomic E-state index is 12.1. The summed E-state index contributed by atoms with van der Waals surface area (Å²) in [6, 6.07) is 15.3. The van der Waals surface area contributed by atoms with Gasteiger partial charge in [-0.25, -0.2) is 0 Å². The number of aryl methyl sites for hydroxylation is 1. The topological polar surface area (TPSA) is 49.3 Å². The molecule has 1 unspecified atom stereocenters. The van der Waals surface area contributed by atoms with Crippen LogP contribution in [-0.2, 0) is 6.42 Å². The van der Waals surface area contributed by atoms with Crippen LogP contribution in [0.1, 0.15) is 47.0 Å². The van der Waals surface area contributed by atoms with E-state index in [1.807, 2.05) is 55.5 Å². The third-order valence-corrected chi connectivity index (χ3v) is 3.78. The molecule has 3 nitrogen and oxygen atoms in total. The molecule has 2 aromatic rings. The lowest BCUT2D eigenvalue weighted by molar-refractivity contribution is 0.0916. The monoisotopic (exact) mass is 311 g/mol. The molecule has 1 amide bonds. The molecule has 1 atom stereocenters. The molecule has 0 saturated carbocycles. The molecule has 0 spiro atoms. The van der Waals surface area contributed by atoms with Gasteiger partial charge < -0.3 is 10.4 Å². The molecule has 0 aliphatic heterocycles. The molecule has 0 fully saturated rings. The van der Waals surface area contributed by atoms with Crippen molar-refractivity contribution in [1.29, 1.82) is 0 Å². The summed E-state index contributed by atoms with van der Waals surface area (Å²) in [6.45, 7) is 6.55. The molecule has 0 radical (unpaired) electrons. The van der Waals surface area contributed by atoms with E-state index in [1.54, 1.807) is 0 Å². The Morgan fingerprint density at radius 1 is 1.04 bits per heavy atom. The Bertz CT molecular complexity index is 630. The van der Waals surface area contributed by atoms with Crippen LogP contribution in [0.4, 0.5) is 0 Å². The number of nitrogens with one attached hydrogen (secondary N) is 1. The summed E-state index contributed by atoms with van der Waals surface area (Å²) in [5.74, 6) is 0.437. The standard InChI is InChI=1S/C20H25NO2/c1-14(2)12-16-6-10-18(11-7-16)20(23)21-13-19(22)17-8-4-15(3)5-9-17/h4-11,14,19,22H,12-13H2,1-3H3,(H,21,23). The van der Waals surface area contributed by atoms with Crippen LogP contribution in [-0.4, -0.2) is 17.6 Å². The van der Waals surface area contributed by atoms with Gasteiger partial charge in [0.1, 0.15) is 0 Å². The van der Waals surface area contributed by atoms with Gasteiger partial charge in [0.25, 0.3) is 5.91 Å². The van der Waals surface area contributed by atoms with Crippen LogP contribution in [0.15, 0.2) is 48.5 Å². The highest BCUT2D eigenvalue weighted by atomic mass is 16.3. The summed E-state index contributed by atoms with van der Waals surface area (Å²) >= 11 is 0. The molecule has 0 saturated heterocycles. The number of carbonyl (C=O) groups excluding carboxylic acids is 1. The number of carbonyl (C=O) groups is 1. The summed E-state index contributed by atoms with van der Waals surface area (Å²) in [6.07, 6.45) is 0.313. The fourth-order valence-corrected chi connectivity index (χ4v) is 2.46. The van der Waals surface area contributed by atoms with Crippen LogP contribution >= 0.6 is 0 Å². The molecular weight excluding hydrogens is 286 g/mol. The molecule has 3 heteroatoms. The molecule has 0 aliphatic carbocycles. The molecule has 0 bridgehead atoms. The van der Waals surface area contributed by atoms with Gasteiger partial charge in [0, 0.05) is 12.1 Å². The average molecular weight is 311 g/mol. The number of rotatable bonds is 6. The fourth-order valence-electron chi connectivity index (χ4n) is 2.46. The quantitative estimate of drug-likeness (QED) is 0.855. The summed E-state index contributed by atoms with van der Waals surface area (Å²) in [7, 11) is 0. The van der Waals surface area contributed by atoms with Gasteiger partial charge in [-0.2, -0.15) is 0 Å². The minimum Gasteiger partial charge on any atom is -0.387 e. The zero-order valence-electron chi connectivity index (χ0n) is 14.0. The zero-order valence-corrected chi connectivity index (χ0v) is 14.0. The first-order chi connectivity index (χ1) is 11.0. The summed E-state index contributed by atoms with van der Waals surface area (Å²) in [5.41, 5.74) is 3.81. The Labute approximate surface area is 138 Å². The smallest absolute Gasteiger partial charge is 0.251 e. The Morgan fingerprint density at radius 3 is 2.22 bits per heavy atom. The van der Waals surface area contributed by atoms with Crippen molar-refractivity contribution >= 4 is 5.91 Å². The highest BCUT2D eigenvalue weighted by Crippen LogP contribution is 2.13. The van der Waals surface area contributed by atoms with Gasteiger partial charge in [0.2, 0.25) is 0 Å². The van der Waals surface area contributed by atoms with Gasteiger partial charge in [-0.05, 0) is 42.5 Å². The molecule has 2 N–H and O–H groups in total. The van der Waals surface area contributed by atoms with E-state index in [0.717, 1.165) is 17.5 Å². The number of aliphatic hydroxyl groups excluding tert-OH is 1. The SMILES string of the molecule is Cc1ccc(C(O)CNC(=O)c2ccc(CC(C)C)cc2)cc1. The van der Waals surface area contributed by atoms with Crippen LogP contribution < -0.4 is 5.32 Å². The van der Waals surface area contributed by atoms with Crippen LogP contribution in [0.3, 0.4) is 0 Å². The molecular formula is C20H25NO2. The van der Waals surface area contributed by atoms with E-state index in [-0.39, 0.29) is 12.5 Å². The van der Waals surface area contributed by atoms with Crippen molar-refractivity contribution in [2.24, 2.45) is 5.92 Å². The van der Waals surface area contributed by atoms with Crippen LogP contribution in [0.25, 0.3) is 0 Å². The normalized spacial score (nSPS) is 12.2. The third-order valence-electron chi connectivity index (χ3n) is 3.78. The number of hydrogen-bond acceptors (Lipinski definition) is 2. The Balaban J connectivity index is 1.90. The van der Waals surface area contributed by atoms with Crippen LogP contribution in [0, 0.1) is 12.8 Å². The maximum Gasteiger partial charge on any atom is 0.251 e. The first-order valence-electron chi connectivity index (χ1n) is 8.07. The molecule has 2 rings (SSSR count). The predicted molar refractivity (Wildman–Crippen MR) is 93.5 cm³/mol. The van der Waals surface area contributed by atoms with Crippen molar-refractivity contribution in [1.82, 2.24) is 5.32 Å². The molecule has 2 aromatic carbocycles. The van der Waals surface area contributed by atoms with E-state index >= 15 is 0 Å². The van der Waals surface area contributed by atoms with Gasteiger partial charge in [-0.15, -0.1) is 0 Å². The zero-order chi connectivity index (χ0) is 16.8. The highest BCUT2D eigenvalue weighted by Gasteiger charge is 2.11. The second-order valence-electron chi connectivity index (χ2n) is 6.43. The largest absolute Gasteiger partial charge is 0.387 e. The van der Waals surface area contributed by atoms with Crippen molar-refractivity contribution in [3.63, 3.8) is 0 Å². The average Bonchev–Trinajstić information content (AvgIpc) is 2.53. The van der Waals surface area contributed by atoms with Crippen molar-refractivity contribution in [3.8, 4) is 0 Å². The van der Waals surface area contributed by atoms with Gasteiger partial charge in [-0.3, -0.25) is 4.79 Å². The lowest BCUT2D eigenvalue weighted by atomic mass is 10.0. The second-order valence-corrected chi connectivity index (χ2v) is 6.43. The Kier molecular flexibility index (Phi) is 5.94. The van der Waals surface area contributed by atoms with Crippen molar-refractivity contribution in [2.75, 3.05) is 6.54 Å². The minimum absolute atomic E-state index is 0.160. The van der Waals surface area contributed by atoms with Crippen LogP contribution in [0.5, 0.6) is 0 Å². The lowest BCUT2D eigenvalue weighted by Gasteiger charge is -2.13. The Morgan fingerprint density at radius 2 is 1.65 bits per heavy atom. The Hall–Kier alpha value is -2.13. The maximum atomic E-state index is 12.1. The van der Waals surface area contributed by atoms with Gasteiger partial charge in [-0.1, -0.05) is 55.8 Å². The minimum atomic E-state index is -0.695. The summed E-state index contributed by atoms with van der Waals surface area (Å²) < 4.78 is 0. The first-order valence-corrected chi connectivity index (χ1v) is 8.07. The van der Waals surface area contributed by atoms with E-state index in [4.69, 9.17) is 0 Å². The highest BCUT2D eigenvalue weighted by molar-refractivity contribution is 5.94. The van der Waals surface area contributed by atoms with E-state index < -0.39 is 6.10 Å². The number of hydrogen-bond donors (Lipinski definition) is 2. The van der Waals surface area contributed by atoms with Crippen molar-refractivity contribution in [2.45, 2.75) is 33.3 Å². The first kappa shape index (κ1) is 17.2.